The van der Waals surface area contributed by atoms with E-state index in [0.29, 0.717) is 12.2 Å². The number of hydrogen-bond donors (Lipinski definition) is 0. The second kappa shape index (κ2) is 7.08. The van der Waals surface area contributed by atoms with Gasteiger partial charge >= 0.3 is 0 Å². The van der Waals surface area contributed by atoms with Crippen molar-refractivity contribution < 1.29 is 9.53 Å². The number of hydrogen-bond acceptors (Lipinski definition) is 2. The van der Waals surface area contributed by atoms with Gasteiger partial charge in [-0.2, -0.15) is 0 Å². The number of carbonyl (C=O) groups is 1. The molecule has 0 N–H and O–H groups in total. The highest BCUT2D eigenvalue weighted by Crippen LogP contribution is 2.21. The van der Waals surface area contributed by atoms with E-state index in [9.17, 15) is 4.79 Å². The third-order valence-corrected chi connectivity index (χ3v) is 2.72. The molecule has 0 heterocycles. The highest BCUT2D eigenvalue weighted by atomic mass is 16.5. The molecule has 0 aromatic rings. The second-order valence-corrected chi connectivity index (χ2v) is 6.94. The minimum Gasteiger partial charge on any atom is -0.372 e. The van der Waals surface area contributed by atoms with E-state index in [1.807, 2.05) is 26.8 Å². The molecule has 0 aliphatic carbocycles. The number of ether oxygens (including phenoxy) is 1. The normalized spacial score (nSPS) is 14.3. The number of carbonyl (C=O) groups excluding carboxylic acids is 1. The Labute approximate surface area is 113 Å². The summed E-state index contributed by atoms with van der Waals surface area (Å²) in [5.41, 5.74) is -0.361. The van der Waals surface area contributed by atoms with Crippen molar-refractivity contribution in [3.8, 4) is 0 Å². The maximum atomic E-state index is 11.8. The van der Waals surface area contributed by atoms with Crippen LogP contribution in [-0.2, 0) is 9.53 Å². The van der Waals surface area contributed by atoms with Gasteiger partial charge in [-0.1, -0.05) is 26.8 Å². The van der Waals surface area contributed by atoms with Crippen molar-refractivity contribution in [1.29, 1.82) is 0 Å². The van der Waals surface area contributed by atoms with Gasteiger partial charge in [-0.3, -0.25) is 4.79 Å². The molecular weight excluding hydrogens is 224 g/mol. The Morgan fingerprint density at radius 3 is 2.17 bits per heavy atom. The van der Waals surface area contributed by atoms with E-state index in [-0.39, 0.29) is 17.1 Å². The Morgan fingerprint density at radius 1 is 1.22 bits per heavy atom. The molecular formula is C16H30O2. The molecule has 0 amide bonds. The highest BCUT2D eigenvalue weighted by molar-refractivity contribution is 5.83. The summed E-state index contributed by atoms with van der Waals surface area (Å²) >= 11 is 0. The van der Waals surface area contributed by atoms with Crippen LogP contribution in [0.15, 0.2) is 12.7 Å². The molecule has 0 aromatic heterocycles. The standard InChI is InChI=1S/C16H30O2/c1-8-10-13(18-16(5,6)7)11-9-12-14(17)15(2,3)4/h8,13H,1,9-12H2,2-7H3. The molecule has 1 atom stereocenters. The second-order valence-electron chi connectivity index (χ2n) is 6.94. The summed E-state index contributed by atoms with van der Waals surface area (Å²) in [6, 6.07) is 0. The van der Waals surface area contributed by atoms with Crippen molar-refractivity contribution in [2.45, 2.75) is 78.9 Å². The van der Waals surface area contributed by atoms with Crippen LogP contribution in [0.25, 0.3) is 0 Å². The number of rotatable bonds is 7. The molecule has 0 fully saturated rings. The van der Waals surface area contributed by atoms with Gasteiger partial charge in [0.05, 0.1) is 11.7 Å². The van der Waals surface area contributed by atoms with E-state index in [4.69, 9.17) is 4.74 Å². The average molecular weight is 254 g/mol. The fourth-order valence-corrected chi connectivity index (χ4v) is 1.78. The first-order valence-corrected chi connectivity index (χ1v) is 6.88. The Balaban J connectivity index is 4.13. The average Bonchev–Trinajstić information content (AvgIpc) is 2.13. The predicted molar refractivity (Wildman–Crippen MR) is 77.8 cm³/mol. The summed E-state index contributed by atoms with van der Waals surface area (Å²) < 4.78 is 5.96. The third-order valence-electron chi connectivity index (χ3n) is 2.72. The molecule has 0 aromatic carbocycles. The molecule has 0 saturated carbocycles. The van der Waals surface area contributed by atoms with Gasteiger partial charge in [0, 0.05) is 11.8 Å². The summed E-state index contributed by atoms with van der Waals surface area (Å²) in [4.78, 5) is 11.8. The van der Waals surface area contributed by atoms with E-state index < -0.39 is 0 Å². The van der Waals surface area contributed by atoms with Crippen LogP contribution in [0.1, 0.15) is 67.2 Å². The van der Waals surface area contributed by atoms with Crippen molar-refractivity contribution in [3.63, 3.8) is 0 Å². The lowest BCUT2D eigenvalue weighted by atomic mass is 9.87. The quantitative estimate of drug-likeness (QED) is 0.624. The van der Waals surface area contributed by atoms with Crippen molar-refractivity contribution >= 4 is 5.78 Å². The molecule has 0 aliphatic heterocycles. The van der Waals surface area contributed by atoms with Crippen LogP contribution in [0.2, 0.25) is 0 Å². The number of ketones is 1. The molecule has 18 heavy (non-hydrogen) atoms. The van der Waals surface area contributed by atoms with Crippen molar-refractivity contribution in [2.75, 3.05) is 0 Å². The van der Waals surface area contributed by atoms with Gasteiger partial charge in [0.2, 0.25) is 0 Å². The van der Waals surface area contributed by atoms with Crippen LogP contribution in [0.5, 0.6) is 0 Å². The van der Waals surface area contributed by atoms with E-state index in [1.165, 1.54) is 0 Å². The SMILES string of the molecule is C=CCC(CCCC(=O)C(C)(C)C)OC(C)(C)C. The molecule has 1 unspecified atom stereocenters. The zero-order chi connectivity index (χ0) is 14.4. The first kappa shape index (κ1) is 17.4. The fourth-order valence-electron chi connectivity index (χ4n) is 1.78. The summed E-state index contributed by atoms with van der Waals surface area (Å²) in [7, 11) is 0. The summed E-state index contributed by atoms with van der Waals surface area (Å²) in [6.07, 6.45) is 5.37. The fraction of sp³-hybridized carbons (Fsp3) is 0.812. The molecule has 2 nitrogen and oxygen atoms in total. The highest BCUT2D eigenvalue weighted by Gasteiger charge is 2.22. The van der Waals surface area contributed by atoms with Gasteiger partial charge in [0.25, 0.3) is 0 Å². The summed E-state index contributed by atoms with van der Waals surface area (Å²) in [5, 5.41) is 0. The Hall–Kier alpha value is -0.630. The lowest BCUT2D eigenvalue weighted by molar-refractivity contribution is -0.126. The Bertz CT molecular complexity index is 266. The van der Waals surface area contributed by atoms with Crippen LogP contribution in [-0.4, -0.2) is 17.5 Å². The number of Topliss-reactive ketones (excluding diaryl/α,β-unsaturated/α-hetero) is 1. The van der Waals surface area contributed by atoms with Gasteiger partial charge in [-0.05, 0) is 40.0 Å². The monoisotopic (exact) mass is 254 g/mol. The Kier molecular flexibility index (Phi) is 6.83. The van der Waals surface area contributed by atoms with Gasteiger partial charge in [0.1, 0.15) is 5.78 Å². The smallest absolute Gasteiger partial charge is 0.138 e. The predicted octanol–water partition coefficient (Wildman–Crippen LogP) is 4.53. The largest absolute Gasteiger partial charge is 0.372 e. The van der Waals surface area contributed by atoms with Gasteiger partial charge < -0.3 is 4.74 Å². The minimum absolute atomic E-state index is 0.137. The summed E-state index contributed by atoms with van der Waals surface area (Å²) in [6.45, 7) is 15.9. The third kappa shape index (κ3) is 8.46. The molecule has 0 saturated heterocycles. The van der Waals surface area contributed by atoms with Crippen molar-refractivity contribution in [3.05, 3.63) is 12.7 Å². The van der Waals surface area contributed by atoms with Crippen LogP contribution < -0.4 is 0 Å². The molecule has 0 radical (unpaired) electrons. The van der Waals surface area contributed by atoms with E-state index in [0.717, 1.165) is 19.3 Å². The van der Waals surface area contributed by atoms with Crippen LogP contribution >= 0.6 is 0 Å². The van der Waals surface area contributed by atoms with E-state index >= 15 is 0 Å². The first-order chi connectivity index (χ1) is 8.06. The van der Waals surface area contributed by atoms with Crippen LogP contribution in [0.3, 0.4) is 0 Å². The Morgan fingerprint density at radius 2 is 1.78 bits per heavy atom. The zero-order valence-electron chi connectivity index (χ0n) is 13.0. The first-order valence-electron chi connectivity index (χ1n) is 6.88. The van der Waals surface area contributed by atoms with Crippen LogP contribution in [0.4, 0.5) is 0 Å². The molecule has 0 bridgehead atoms. The zero-order valence-corrected chi connectivity index (χ0v) is 13.0. The van der Waals surface area contributed by atoms with Crippen molar-refractivity contribution in [1.82, 2.24) is 0 Å². The maximum Gasteiger partial charge on any atom is 0.138 e. The minimum atomic E-state index is -0.223. The summed E-state index contributed by atoms with van der Waals surface area (Å²) in [5.74, 6) is 0.329. The van der Waals surface area contributed by atoms with Gasteiger partial charge in [-0.25, -0.2) is 0 Å². The van der Waals surface area contributed by atoms with E-state index in [2.05, 4.69) is 27.4 Å². The molecule has 0 rings (SSSR count). The van der Waals surface area contributed by atoms with Crippen LogP contribution in [0, 0.1) is 5.41 Å². The van der Waals surface area contributed by atoms with Crippen molar-refractivity contribution in [2.24, 2.45) is 5.41 Å². The lowest BCUT2D eigenvalue weighted by Gasteiger charge is -2.27. The molecule has 106 valence electrons. The van der Waals surface area contributed by atoms with Gasteiger partial charge in [-0.15, -0.1) is 6.58 Å². The molecule has 2 heteroatoms. The maximum absolute atomic E-state index is 11.8. The lowest BCUT2D eigenvalue weighted by Crippen LogP contribution is -2.27. The molecule has 0 aliphatic rings. The van der Waals surface area contributed by atoms with Gasteiger partial charge in [0.15, 0.2) is 0 Å². The topological polar surface area (TPSA) is 26.3 Å². The molecule has 0 spiro atoms. The van der Waals surface area contributed by atoms with E-state index in [1.54, 1.807) is 0 Å².